The highest BCUT2D eigenvalue weighted by Crippen LogP contribution is 1.87. The van der Waals surface area contributed by atoms with Crippen molar-refractivity contribution in [1.29, 1.82) is 0 Å². The quantitative estimate of drug-likeness (QED) is 0.609. The smallest absolute Gasteiger partial charge is 0.303 e. The Bertz CT molecular complexity index is 145. The molecule has 0 unspecified atom stereocenters. The molecular weight excluding hydrogens is 146 g/mol. The Kier molecular flexibility index (Phi) is 5.15. The molecule has 0 aliphatic rings. The number of amides is 1. The van der Waals surface area contributed by atoms with Crippen LogP contribution in [0.1, 0.15) is 26.2 Å². The van der Waals surface area contributed by atoms with E-state index in [0.717, 1.165) is 6.42 Å². The summed E-state index contributed by atoms with van der Waals surface area (Å²) >= 11 is 0. The molecule has 4 nitrogen and oxygen atoms in total. The van der Waals surface area contributed by atoms with E-state index >= 15 is 0 Å². The molecular formula is C7H13NO3. The van der Waals surface area contributed by atoms with Crippen LogP contribution in [0.15, 0.2) is 0 Å². The van der Waals surface area contributed by atoms with Crippen LogP contribution in [0, 0.1) is 0 Å². The molecule has 0 aromatic rings. The Morgan fingerprint density at radius 1 is 1.36 bits per heavy atom. The van der Waals surface area contributed by atoms with Crippen LogP contribution < -0.4 is 5.32 Å². The van der Waals surface area contributed by atoms with Crippen molar-refractivity contribution < 1.29 is 14.7 Å². The maximum Gasteiger partial charge on any atom is 0.303 e. The van der Waals surface area contributed by atoms with Crippen LogP contribution in [-0.2, 0) is 9.59 Å². The monoisotopic (exact) mass is 159 g/mol. The first-order valence-corrected chi connectivity index (χ1v) is 3.65. The Morgan fingerprint density at radius 2 is 2.00 bits per heavy atom. The Morgan fingerprint density at radius 3 is 2.45 bits per heavy atom. The van der Waals surface area contributed by atoms with Crippen LogP contribution in [-0.4, -0.2) is 23.5 Å². The van der Waals surface area contributed by atoms with Gasteiger partial charge in [-0.2, -0.15) is 0 Å². The highest BCUT2D eigenvalue weighted by molar-refractivity contribution is 5.80. The molecule has 0 saturated carbocycles. The second-order valence-corrected chi connectivity index (χ2v) is 2.24. The van der Waals surface area contributed by atoms with Gasteiger partial charge in [-0.3, -0.25) is 9.59 Å². The van der Waals surface area contributed by atoms with Crippen molar-refractivity contribution in [3.05, 3.63) is 0 Å². The SMILES string of the molecule is CCCNC(=O)CCC(=O)O. The van der Waals surface area contributed by atoms with Crippen molar-refractivity contribution in [3.8, 4) is 0 Å². The minimum Gasteiger partial charge on any atom is -0.481 e. The Hall–Kier alpha value is -1.06. The largest absolute Gasteiger partial charge is 0.481 e. The molecule has 0 rings (SSSR count). The first-order valence-electron chi connectivity index (χ1n) is 3.65. The third-order valence-corrected chi connectivity index (χ3v) is 1.14. The van der Waals surface area contributed by atoms with Gasteiger partial charge in [-0.05, 0) is 6.42 Å². The number of carbonyl (C=O) groups is 2. The molecule has 0 aliphatic carbocycles. The summed E-state index contributed by atoms with van der Waals surface area (Å²) < 4.78 is 0. The maximum atomic E-state index is 10.7. The first kappa shape index (κ1) is 9.94. The highest BCUT2D eigenvalue weighted by Gasteiger charge is 2.02. The molecule has 0 saturated heterocycles. The lowest BCUT2D eigenvalue weighted by Gasteiger charge is -1.99. The van der Waals surface area contributed by atoms with E-state index in [0.29, 0.717) is 6.54 Å². The summed E-state index contributed by atoms with van der Waals surface area (Å²) in [6.45, 7) is 2.57. The highest BCUT2D eigenvalue weighted by atomic mass is 16.4. The zero-order valence-corrected chi connectivity index (χ0v) is 6.59. The third kappa shape index (κ3) is 6.83. The predicted molar refractivity (Wildman–Crippen MR) is 40.2 cm³/mol. The Labute approximate surface area is 65.6 Å². The fourth-order valence-corrected chi connectivity index (χ4v) is 0.573. The van der Waals surface area contributed by atoms with E-state index in [9.17, 15) is 9.59 Å². The number of carboxylic acid groups (broad SMARTS) is 1. The summed E-state index contributed by atoms with van der Waals surface area (Å²) in [5, 5.41) is 10.8. The van der Waals surface area contributed by atoms with Crippen molar-refractivity contribution in [3.63, 3.8) is 0 Å². The van der Waals surface area contributed by atoms with Crippen LogP contribution in [0.25, 0.3) is 0 Å². The van der Waals surface area contributed by atoms with E-state index in [4.69, 9.17) is 5.11 Å². The van der Waals surface area contributed by atoms with Crippen molar-refractivity contribution in [2.24, 2.45) is 0 Å². The lowest BCUT2D eigenvalue weighted by Crippen LogP contribution is -2.24. The average molecular weight is 159 g/mol. The van der Waals surface area contributed by atoms with E-state index in [-0.39, 0.29) is 18.7 Å². The Balaban J connectivity index is 3.30. The normalized spacial score (nSPS) is 9.18. The van der Waals surface area contributed by atoms with E-state index in [1.807, 2.05) is 6.92 Å². The van der Waals surface area contributed by atoms with E-state index in [1.54, 1.807) is 0 Å². The van der Waals surface area contributed by atoms with Crippen LogP contribution >= 0.6 is 0 Å². The minimum absolute atomic E-state index is 0.0787. The lowest BCUT2D eigenvalue weighted by atomic mass is 10.3. The van der Waals surface area contributed by atoms with Crippen LogP contribution in [0.2, 0.25) is 0 Å². The summed E-state index contributed by atoms with van der Waals surface area (Å²) in [4.78, 5) is 20.7. The summed E-state index contributed by atoms with van der Waals surface area (Å²) in [5.74, 6) is -1.12. The van der Waals surface area contributed by atoms with E-state index < -0.39 is 5.97 Å². The second-order valence-electron chi connectivity index (χ2n) is 2.24. The van der Waals surface area contributed by atoms with Crippen molar-refractivity contribution in [1.82, 2.24) is 5.32 Å². The molecule has 0 atom stereocenters. The number of carbonyl (C=O) groups excluding carboxylic acids is 1. The van der Waals surface area contributed by atoms with Gasteiger partial charge in [0, 0.05) is 13.0 Å². The fraction of sp³-hybridized carbons (Fsp3) is 0.714. The number of carboxylic acids is 1. The van der Waals surface area contributed by atoms with Gasteiger partial charge in [0.1, 0.15) is 0 Å². The standard InChI is InChI=1S/C7H13NO3/c1-2-5-8-6(9)3-4-7(10)11/h2-5H2,1H3,(H,8,9)(H,10,11). The van der Waals surface area contributed by atoms with Crippen molar-refractivity contribution in [2.45, 2.75) is 26.2 Å². The van der Waals surface area contributed by atoms with Crippen molar-refractivity contribution in [2.75, 3.05) is 6.54 Å². The molecule has 0 aliphatic heterocycles. The maximum absolute atomic E-state index is 10.7. The summed E-state index contributed by atoms with van der Waals surface area (Å²) in [7, 11) is 0. The number of hydrogen-bond acceptors (Lipinski definition) is 2. The number of hydrogen-bond donors (Lipinski definition) is 2. The lowest BCUT2D eigenvalue weighted by molar-refractivity contribution is -0.138. The van der Waals surface area contributed by atoms with Crippen LogP contribution in [0.4, 0.5) is 0 Å². The minimum atomic E-state index is -0.934. The summed E-state index contributed by atoms with van der Waals surface area (Å²) in [5.41, 5.74) is 0. The van der Waals surface area contributed by atoms with Gasteiger partial charge in [0.15, 0.2) is 0 Å². The van der Waals surface area contributed by atoms with Gasteiger partial charge in [0.25, 0.3) is 0 Å². The topological polar surface area (TPSA) is 66.4 Å². The van der Waals surface area contributed by atoms with Gasteiger partial charge >= 0.3 is 5.97 Å². The van der Waals surface area contributed by atoms with Crippen LogP contribution in [0.5, 0.6) is 0 Å². The zero-order valence-electron chi connectivity index (χ0n) is 6.59. The third-order valence-electron chi connectivity index (χ3n) is 1.14. The zero-order chi connectivity index (χ0) is 8.69. The van der Waals surface area contributed by atoms with Gasteiger partial charge in [-0.15, -0.1) is 0 Å². The fourth-order valence-electron chi connectivity index (χ4n) is 0.573. The van der Waals surface area contributed by atoms with E-state index in [1.165, 1.54) is 0 Å². The van der Waals surface area contributed by atoms with Gasteiger partial charge in [-0.1, -0.05) is 6.92 Å². The number of nitrogens with one attached hydrogen (secondary N) is 1. The molecule has 1 amide bonds. The number of rotatable bonds is 5. The van der Waals surface area contributed by atoms with E-state index in [2.05, 4.69) is 5.32 Å². The number of aliphatic carboxylic acids is 1. The molecule has 0 heterocycles. The molecule has 11 heavy (non-hydrogen) atoms. The molecule has 4 heteroatoms. The van der Waals surface area contributed by atoms with Gasteiger partial charge in [0.05, 0.1) is 6.42 Å². The molecule has 0 radical (unpaired) electrons. The summed E-state index contributed by atoms with van der Waals surface area (Å²) in [6, 6.07) is 0. The van der Waals surface area contributed by atoms with Gasteiger partial charge in [-0.25, -0.2) is 0 Å². The molecule has 0 aromatic carbocycles. The van der Waals surface area contributed by atoms with Crippen LogP contribution in [0.3, 0.4) is 0 Å². The molecule has 0 bridgehead atoms. The average Bonchev–Trinajstić information content (AvgIpc) is 1.97. The molecule has 2 N–H and O–H groups in total. The summed E-state index contributed by atoms with van der Waals surface area (Å²) in [6.07, 6.45) is 0.865. The molecule has 0 fully saturated rings. The first-order chi connectivity index (χ1) is 5.16. The van der Waals surface area contributed by atoms with Gasteiger partial charge < -0.3 is 10.4 Å². The molecule has 0 spiro atoms. The molecule has 0 aromatic heterocycles. The predicted octanol–water partition coefficient (Wildman–Crippen LogP) is 0.377. The second kappa shape index (κ2) is 5.70. The molecule has 64 valence electrons. The van der Waals surface area contributed by atoms with Crippen molar-refractivity contribution >= 4 is 11.9 Å². The van der Waals surface area contributed by atoms with Gasteiger partial charge in [0.2, 0.25) is 5.91 Å².